The maximum absolute atomic E-state index is 5.96. The molecule has 2 aliphatic heterocycles. The molecule has 3 heterocycles. The van der Waals surface area contributed by atoms with Crippen LogP contribution in [0.5, 0.6) is 0 Å². The van der Waals surface area contributed by atoms with Crippen molar-refractivity contribution in [3.05, 3.63) is 23.7 Å². The van der Waals surface area contributed by atoms with Crippen LogP contribution in [0, 0.1) is 12.8 Å². The van der Waals surface area contributed by atoms with Crippen LogP contribution in [-0.2, 0) is 4.74 Å². The number of aryl methyl sites for hydroxylation is 1. The number of furan rings is 1. The van der Waals surface area contributed by atoms with Crippen molar-refractivity contribution in [1.82, 2.24) is 15.1 Å². The third kappa shape index (κ3) is 5.01. The van der Waals surface area contributed by atoms with Gasteiger partial charge in [-0.3, -0.25) is 9.89 Å². The van der Waals surface area contributed by atoms with E-state index in [4.69, 9.17) is 14.1 Å². The summed E-state index contributed by atoms with van der Waals surface area (Å²) in [5, 5.41) is 3.48. The topological polar surface area (TPSA) is 53.2 Å². The highest BCUT2D eigenvalue weighted by Gasteiger charge is 2.26. The van der Waals surface area contributed by atoms with Crippen molar-refractivity contribution in [3.63, 3.8) is 0 Å². The van der Waals surface area contributed by atoms with E-state index in [2.05, 4.69) is 35.0 Å². The lowest BCUT2D eigenvalue weighted by atomic mass is 9.99. The molecule has 6 nitrogen and oxygen atoms in total. The molecule has 2 fully saturated rings. The summed E-state index contributed by atoms with van der Waals surface area (Å²) in [7, 11) is 0. The van der Waals surface area contributed by atoms with E-state index in [1.54, 1.807) is 0 Å². The van der Waals surface area contributed by atoms with Gasteiger partial charge < -0.3 is 19.4 Å². The van der Waals surface area contributed by atoms with Gasteiger partial charge >= 0.3 is 0 Å². The third-order valence-corrected chi connectivity index (χ3v) is 5.41. The second-order valence-electron chi connectivity index (χ2n) is 7.48. The van der Waals surface area contributed by atoms with E-state index in [9.17, 15) is 0 Å². The second-order valence-corrected chi connectivity index (χ2v) is 7.48. The Labute approximate surface area is 157 Å². The fourth-order valence-corrected chi connectivity index (χ4v) is 3.73. The van der Waals surface area contributed by atoms with Crippen molar-refractivity contribution in [1.29, 1.82) is 0 Å². The molecule has 1 aromatic rings. The number of aliphatic imine (C=N–C) groups is 1. The maximum Gasteiger partial charge on any atom is 0.193 e. The molecule has 2 aliphatic rings. The summed E-state index contributed by atoms with van der Waals surface area (Å²) >= 11 is 0. The van der Waals surface area contributed by atoms with Gasteiger partial charge in [0.05, 0.1) is 25.8 Å². The molecular weight excluding hydrogens is 328 g/mol. The SMILES string of the molecule is CCNC(=NCC(c1ccc(C)o1)N1CCOCC1)N1CCC(C)CC1. The summed E-state index contributed by atoms with van der Waals surface area (Å²) in [5.41, 5.74) is 0. The first-order chi connectivity index (χ1) is 12.7. The normalized spacial score (nSPS) is 21.8. The zero-order valence-electron chi connectivity index (χ0n) is 16.5. The van der Waals surface area contributed by atoms with Crippen LogP contribution in [-0.4, -0.2) is 68.2 Å². The summed E-state index contributed by atoms with van der Waals surface area (Å²) < 4.78 is 11.5. The van der Waals surface area contributed by atoms with Crippen LogP contribution < -0.4 is 5.32 Å². The first-order valence-corrected chi connectivity index (χ1v) is 10.1. The maximum atomic E-state index is 5.96. The predicted octanol–water partition coefficient (Wildman–Crippen LogP) is 2.66. The number of piperidine rings is 1. The van der Waals surface area contributed by atoms with Gasteiger partial charge in [-0.25, -0.2) is 0 Å². The standard InChI is InChI=1S/C20H34N4O2/c1-4-21-20(24-9-7-16(2)8-10-24)22-15-18(19-6-5-17(3)26-19)23-11-13-25-14-12-23/h5-6,16,18H,4,7-15H2,1-3H3,(H,21,22). The van der Waals surface area contributed by atoms with Gasteiger partial charge in [0.15, 0.2) is 5.96 Å². The van der Waals surface area contributed by atoms with Crippen molar-refractivity contribution in [2.75, 3.05) is 52.5 Å². The number of rotatable bonds is 5. The van der Waals surface area contributed by atoms with Crippen LogP contribution in [0.4, 0.5) is 0 Å². The van der Waals surface area contributed by atoms with Gasteiger partial charge in [0, 0.05) is 32.7 Å². The minimum absolute atomic E-state index is 0.171. The average Bonchev–Trinajstić information content (AvgIpc) is 3.09. The molecule has 6 heteroatoms. The molecular formula is C20H34N4O2. The van der Waals surface area contributed by atoms with Crippen LogP contribution in [0.3, 0.4) is 0 Å². The molecule has 26 heavy (non-hydrogen) atoms. The van der Waals surface area contributed by atoms with Crippen LogP contribution >= 0.6 is 0 Å². The fraction of sp³-hybridized carbons (Fsp3) is 0.750. The van der Waals surface area contributed by atoms with E-state index in [0.717, 1.165) is 69.3 Å². The minimum Gasteiger partial charge on any atom is -0.465 e. The van der Waals surface area contributed by atoms with Gasteiger partial charge in [-0.05, 0) is 44.7 Å². The van der Waals surface area contributed by atoms with Gasteiger partial charge in [-0.2, -0.15) is 0 Å². The van der Waals surface area contributed by atoms with E-state index < -0.39 is 0 Å². The molecule has 3 rings (SSSR count). The van der Waals surface area contributed by atoms with E-state index >= 15 is 0 Å². The van der Waals surface area contributed by atoms with Crippen molar-refractivity contribution < 1.29 is 9.15 Å². The molecule has 0 spiro atoms. The Morgan fingerprint density at radius 3 is 2.58 bits per heavy atom. The number of hydrogen-bond donors (Lipinski definition) is 1. The monoisotopic (exact) mass is 362 g/mol. The molecule has 0 aromatic carbocycles. The molecule has 1 aromatic heterocycles. The first kappa shape index (κ1) is 19.2. The summed E-state index contributed by atoms with van der Waals surface area (Å²) in [5.74, 6) is 3.83. The van der Waals surface area contributed by atoms with Gasteiger partial charge in [0.1, 0.15) is 11.5 Å². The molecule has 1 unspecified atom stereocenters. The number of likely N-dealkylation sites (tertiary alicyclic amines) is 1. The minimum atomic E-state index is 0.171. The Morgan fingerprint density at radius 2 is 1.96 bits per heavy atom. The molecule has 0 saturated carbocycles. The van der Waals surface area contributed by atoms with Gasteiger partial charge in [0.2, 0.25) is 0 Å². The van der Waals surface area contributed by atoms with Gasteiger partial charge in [-0.15, -0.1) is 0 Å². The molecule has 0 amide bonds. The summed E-state index contributed by atoms with van der Waals surface area (Å²) in [6, 6.07) is 4.31. The van der Waals surface area contributed by atoms with Crippen LogP contribution in [0.1, 0.15) is 44.3 Å². The predicted molar refractivity (Wildman–Crippen MR) is 105 cm³/mol. The molecule has 1 N–H and O–H groups in total. The van der Waals surface area contributed by atoms with Crippen molar-refractivity contribution in [3.8, 4) is 0 Å². The first-order valence-electron chi connectivity index (χ1n) is 10.1. The van der Waals surface area contributed by atoms with Crippen molar-refractivity contribution in [2.45, 2.75) is 39.7 Å². The Morgan fingerprint density at radius 1 is 1.23 bits per heavy atom. The Hall–Kier alpha value is -1.53. The Kier molecular flexibility index (Phi) is 6.97. The molecule has 0 aliphatic carbocycles. The molecule has 146 valence electrons. The number of nitrogens with one attached hydrogen (secondary N) is 1. The van der Waals surface area contributed by atoms with E-state index in [1.807, 2.05) is 13.0 Å². The zero-order valence-corrected chi connectivity index (χ0v) is 16.5. The van der Waals surface area contributed by atoms with Crippen LogP contribution in [0.2, 0.25) is 0 Å². The second kappa shape index (κ2) is 9.42. The third-order valence-electron chi connectivity index (χ3n) is 5.41. The quantitative estimate of drug-likeness (QED) is 0.645. The molecule has 0 radical (unpaired) electrons. The highest BCUT2D eigenvalue weighted by molar-refractivity contribution is 5.80. The number of ether oxygens (including phenoxy) is 1. The summed E-state index contributed by atoms with van der Waals surface area (Å²) in [6.45, 7) is 13.7. The molecule has 1 atom stereocenters. The van der Waals surface area contributed by atoms with Crippen LogP contribution in [0.15, 0.2) is 21.5 Å². The fourth-order valence-electron chi connectivity index (χ4n) is 3.73. The lowest BCUT2D eigenvalue weighted by Crippen LogP contribution is -2.46. The zero-order chi connectivity index (χ0) is 18.4. The van der Waals surface area contributed by atoms with E-state index in [-0.39, 0.29) is 6.04 Å². The van der Waals surface area contributed by atoms with E-state index in [0.29, 0.717) is 6.54 Å². The highest BCUT2D eigenvalue weighted by Crippen LogP contribution is 2.25. The summed E-state index contributed by atoms with van der Waals surface area (Å²) in [4.78, 5) is 9.86. The molecule has 2 saturated heterocycles. The smallest absolute Gasteiger partial charge is 0.193 e. The lowest BCUT2D eigenvalue weighted by Gasteiger charge is -2.35. The number of hydrogen-bond acceptors (Lipinski definition) is 4. The van der Waals surface area contributed by atoms with Crippen molar-refractivity contribution in [2.24, 2.45) is 10.9 Å². The number of nitrogens with zero attached hydrogens (tertiary/aromatic N) is 3. The van der Waals surface area contributed by atoms with Gasteiger partial charge in [0.25, 0.3) is 0 Å². The highest BCUT2D eigenvalue weighted by atomic mass is 16.5. The average molecular weight is 363 g/mol. The largest absolute Gasteiger partial charge is 0.465 e. The Bertz CT molecular complexity index is 572. The van der Waals surface area contributed by atoms with Gasteiger partial charge in [-0.1, -0.05) is 6.92 Å². The molecule has 0 bridgehead atoms. The lowest BCUT2D eigenvalue weighted by molar-refractivity contribution is 0.0134. The summed E-state index contributed by atoms with van der Waals surface area (Å²) in [6.07, 6.45) is 2.49. The van der Waals surface area contributed by atoms with Crippen LogP contribution in [0.25, 0.3) is 0 Å². The van der Waals surface area contributed by atoms with Crippen molar-refractivity contribution >= 4 is 5.96 Å². The number of guanidine groups is 1. The van der Waals surface area contributed by atoms with E-state index in [1.165, 1.54) is 12.8 Å². The Balaban J connectivity index is 1.73. The number of morpholine rings is 1.